The highest BCUT2D eigenvalue weighted by Crippen LogP contribution is 2.26. The SMILES string of the molecule is Cc1cc(C(=O)ON2C(=O)c3ccccc3C2=O)nn1-c1ccc(Cl)c(Cl)c1. The maximum atomic E-state index is 12.5. The number of nitrogens with zero attached hydrogens (tertiary/aromatic N) is 3. The van der Waals surface area contributed by atoms with Crippen LogP contribution in [0.2, 0.25) is 10.0 Å². The second-order valence-electron chi connectivity index (χ2n) is 6.01. The molecular weight excluding hydrogens is 405 g/mol. The Morgan fingerprint density at radius 2 is 1.61 bits per heavy atom. The van der Waals surface area contributed by atoms with Crippen LogP contribution < -0.4 is 0 Å². The molecule has 2 aromatic carbocycles. The molecule has 0 saturated carbocycles. The summed E-state index contributed by atoms with van der Waals surface area (Å²) in [5.41, 5.74) is 1.50. The van der Waals surface area contributed by atoms with Crippen molar-refractivity contribution in [1.82, 2.24) is 14.8 Å². The predicted molar refractivity (Wildman–Crippen MR) is 101 cm³/mol. The number of carbonyl (C=O) groups is 3. The van der Waals surface area contributed by atoms with Crippen molar-refractivity contribution < 1.29 is 19.2 Å². The van der Waals surface area contributed by atoms with Gasteiger partial charge < -0.3 is 4.84 Å². The monoisotopic (exact) mass is 415 g/mol. The van der Waals surface area contributed by atoms with E-state index in [1.54, 1.807) is 37.3 Å². The number of rotatable bonds is 3. The van der Waals surface area contributed by atoms with E-state index in [1.807, 2.05) is 0 Å². The lowest BCUT2D eigenvalue weighted by atomic mass is 10.1. The lowest BCUT2D eigenvalue weighted by Gasteiger charge is -2.11. The molecule has 0 spiro atoms. The molecule has 4 rings (SSSR count). The van der Waals surface area contributed by atoms with Crippen LogP contribution in [0.1, 0.15) is 36.9 Å². The Morgan fingerprint density at radius 1 is 0.964 bits per heavy atom. The average Bonchev–Trinajstić information content (AvgIpc) is 3.18. The Morgan fingerprint density at radius 3 is 2.21 bits per heavy atom. The van der Waals surface area contributed by atoms with E-state index < -0.39 is 17.8 Å². The summed E-state index contributed by atoms with van der Waals surface area (Å²) in [5, 5.41) is 5.35. The smallest absolute Gasteiger partial charge is 0.322 e. The number of aromatic nitrogens is 2. The van der Waals surface area contributed by atoms with Crippen molar-refractivity contribution in [3.8, 4) is 5.69 Å². The fourth-order valence-electron chi connectivity index (χ4n) is 2.83. The first kappa shape index (κ1) is 18.2. The van der Waals surface area contributed by atoms with Gasteiger partial charge in [0.15, 0.2) is 5.69 Å². The van der Waals surface area contributed by atoms with Crippen molar-refractivity contribution in [3.63, 3.8) is 0 Å². The van der Waals surface area contributed by atoms with Crippen LogP contribution >= 0.6 is 23.2 Å². The van der Waals surface area contributed by atoms with E-state index in [0.717, 1.165) is 0 Å². The first-order valence-corrected chi connectivity index (χ1v) is 8.84. The van der Waals surface area contributed by atoms with Gasteiger partial charge in [-0.2, -0.15) is 5.10 Å². The largest absolute Gasteiger partial charge is 0.384 e. The zero-order valence-corrected chi connectivity index (χ0v) is 15.9. The van der Waals surface area contributed by atoms with E-state index in [4.69, 9.17) is 28.0 Å². The normalized spacial score (nSPS) is 13.0. The third-order valence-corrected chi connectivity index (χ3v) is 4.91. The Bertz CT molecular complexity index is 1120. The number of aryl methyl sites for hydroxylation is 1. The van der Waals surface area contributed by atoms with E-state index in [2.05, 4.69) is 5.10 Å². The minimum absolute atomic E-state index is 0.0693. The molecule has 0 radical (unpaired) electrons. The number of amides is 2. The Kier molecular flexibility index (Phi) is 4.41. The maximum absolute atomic E-state index is 12.5. The van der Waals surface area contributed by atoms with Crippen LogP contribution in [0, 0.1) is 6.92 Å². The third-order valence-electron chi connectivity index (χ3n) is 4.18. The summed E-state index contributed by atoms with van der Waals surface area (Å²) in [6.45, 7) is 1.73. The molecule has 0 saturated heterocycles. The van der Waals surface area contributed by atoms with Gasteiger partial charge in [0.05, 0.1) is 26.9 Å². The van der Waals surface area contributed by atoms with Gasteiger partial charge >= 0.3 is 5.97 Å². The molecule has 0 aliphatic carbocycles. The standard InChI is InChI=1S/C19H11Cl2N3O4/c1-10-8-16(22-23(10)11-6-7-14(20)15(21)9-11)19(27)28-24-17(25)12-4-2-3-5-13(12)18(24)26/h2-9H,1H3. The molecule has 2 heterocycles. The molecule has 1 aliphatic heterocycles. The fourth-order valence-corrected chi connectivity index (χ4v) is 3.12. The third kappa shape index (κ3) is 2.94. The minimum atomic E-state index is -0.934. The topological polar surface area (TPSA) is 81.5 Å². The molecule has 2 amide bonds. The Balaban J connectivity index is 1.59. The first-order valence-electron chi connectivity index (χ1n) is 8.09. The second kappa shape index (κ2) is 6.78. The molecule has 28 heavy (non-hydrogen) atoms. The number of fused-ring (bicyclic) bond motifs is 1. The first-order chi connectivity index (χ1) is 13.4. The zero-order chi connectivity index (χ0) is 20.0. The van der Waals surface area contributed by atoms with Crippen LogP contribution in [-0.4, -0.2) is 32.6 Å². The molecule has 140 valence electrons. The van der Waals surface area contributed by atoms with Crippen molar-refractivity contribution in [2.45, 2.75) is 6.92 Å². The predicted octanol–water partition coefficient (Wildman–Crippen LogP) is 3.86. The highest BCUT2D eigenvalue weighted by atomic mass is 35.5. The molecule has 0 N–H and O–H groups in total. The molecule has 0 unspecified atom stereocenters. The summed E-state index contributed by atoms with van der Waals surface area (Å²) in [4.78, 5) is 42.1. The molecule has 7 nitrogen and oxygen atoms in total. The summed E-state index contributed by atoms with van der Waals surface area (Å²) < 4.78 is 1.47. The number of imide groups is 1. The molecule has 1 aromatic heterocycles. The average molecular weight is 416 g/mol. The van der Waals surface area contributed by atoms with Crippen molar-refractivity contribution in [3.05, 3.63) is 81.1 Å². The molecule has 3 aromatic rings. The van der Waals surface area contributed by atoms with Gasteiger partial charge in [-0.25, -0.2) is 9.48 Å². The maximum Gasteiger partial charge on any atom is 0.384 e. The van der Waals surface area contributed by atoms with Gasteiger partial charge in [0.2, 0.25) is 0 Å². The minimum Gasteiger partial charge on any atom is -0.322 e. The van der Waals surface area contributed by atoms with Crippen LogP contribution in [0.4, 0.5) is 0 Å². The number of halogens is 2. The number of hydrogen-bond donors (Lipinski definition) is 0. The molecule has 1 aliphatic rings. The summed E-state index contributed by atoms with van der Waals surface area (Å²) >= 11 is 11.9. The van der Waals surface area contributed by atoms with E-state index in [0.29, 0.717) is 26.5 Å². The summed E-state index contributed by atoms with van der Waals surface area (Å²) in [6, 6.07) is 12.6. The molecule has 9 heteroatoms. The van der Waals surface area contributed by atoms with E-state index in [9.17, 15) is 14.4 Å². The molecule has 0 fully saturated rings. The van der Waals surface area contributed by atoms with Crippen molar-refractivity contribution >= 4 is 41.0 Å². The van der Waals surface area contributed by atoms with Gasteiger partial charge in [-0.05, 0) is 43.3 Å². The van der Waals surface area contributed by atoms with E-state index >= 15 is 0 Å². The number of hydrogen-bond acceptors (Lipinski definition) is 5. The quantitative estimate of drug-likeness (QED) is 0.606. The van der Waals surface area contributed by atoms with E-state index in [1.165, 1.54) is 22.9 Å². The van der Waals surface area contributed by atoms with Crippen LogP contribution in [0.25, 0.3) is 5.69 Å². The van der Waals surface area contributed by atoms with E-state index in [-0.39, 0.29) is 16.8 Å². The Hall–Kier alpha value is -3.16. The molecule has 0 atom stereocenters. The number of hydroxylamine groups is 2. The van der Waals surface area contributed by atoms with Gasteiger partial charge in [-0.15, -0.1) is 0 Å². The van der Waals surface area contributed by atoms with Crippen molar-refractivity contribution in [2.75, 3.05) is 0 Å². The lowest BCUT2D eigenvalue weighted by Crippen LogP contribution is -2.32. The zero-order valence-electron chi connectivity index (χ0n) is 14.3. The van der Waals surface area contributed by atoms with Crippen molar-refractivity contribution in [1.29, 1.82) is 0 Å². The van der Waals surface area contributed by atoms with Gasteiger partial charge in [-0.3, -0.25) is 9.59 Å². The number of benzene rings is 2. The summed E-state index contributed by atoms with van der Waals surface area (Å²) in [7, 11) is 0. The number of carbonyl (C=O) groups excluding carboxylic acids is 3. The molecule has 0 bridgehead atoms. The summed E-state index contributed by atoms with van der Waals surface area (Å²) in [5.74, 6) is -2.33. The van der Waals surface area contributed by atoms with Gasteiger partial charge in [0.1, 0.15) is 0 Å². The highest BCUT2D eigenvalue weighted by molar-refractivity contribution is 6.42. The van der Waals surface area contributed by atoms with Gasteiger partial charge in [-0.1, -0.05) is 40.4 Å². The Labute approximate surface area is 169 Å². The highest BCUT2D eigenvalue weighted by Gasteiger charge is 2.39. The summed E-state index contributed by atoms with van der Waals surface area (Å²) in [6.07, 6.45) is 0. The fraction of sp³-hybridized carbons (Fsp3) is 0.0526. The van der Waals surface area contributed by atoms with Crippen LogP contribution in [0.15, 0.2) is 48.5 Å². The van der Waals surface area contributed by atoms with Crippen LogP contribution in [0.5, 0.6) is 0 Å². The second-order valence-corrected chi connectivity index (χ2v) is 6.82. The van der Waals surface area contributed by atoms with Crippen LogP contribution in [0.3, 0.4) is 0 Å². The van der Waals surface area contributed by atoms with Gasteiger partial charge in [0.25, 0.3) is 11.8 Å². The molecular formula is C19H11Cl2N3O4. The van der Waals surface area contributed by atoms with Crippen molar-refractivity contribution in [2.24, 2.45) is 0 Å². The lowest BCUT2D eigenvalue weighted by molar-refractivity contribution is -0.0588. The van der Waals surface area contributed by atoms with Gasteiger partial charge in [0, 0.05) is 5.69 Å². The van der Waals surface area contributed by atoms with Crippen LogP contribution in [-0.2, 0) is 4.84 Å².